The van der Waals surface area contributed by atoms with Crippen molar-refractivity contribution in [2.45, 2.75) is 20.8 Å². The van der Waals surface area contributed by atoms with Crippen molar-refractivity contribution in [1.29, 1.82) is 0 Å². The van der Waals surface area contributed by atoms with Gasteiger partial charge < -0.3 is 29.7 Å². The van der Waals surface area contributed by atoms with Crippen LogP contribution in [0.1, 0.15) is 16.7 Å². The minimum atomic E-state index is -0.225. The Kier molecular flexibility index (Phi) is 12.1. The molecule has 12 nitrogen and oxygen atoms in total. The minimum absolute atomic E-state index is 0. The molecule has 0 fully saturated rings. The van der Waals surface area contributed by atoms with Crippen molar-refractivity contribution in [2.75, 3.05) is 26.6 Å². The summed E-state index contributed by atoms with van der Waals surface area (Å²) in [5.41, 5.74) is 6.88. The topological polar surface area (TPSA) is 154 Å². The number of azo groups is 3. The van der Waals surface area contributed by atoms with Gasteiger partial charge in [-0.05, 0) is 102 Å². The van der Waals surface area contributed by atoms with E-state index >= 15 is 0 Å². The zero-order valence-corrected chi connectivity index (χ0v) is 32.9. The first-order valence-electron chi connectivity index (χ1n) is 17.7. The summed E-state index contributed by atoms with van der Waals surface area (Å²) in [4.78, 5) is 0. The van der Waals surface area contributed by atoms with Gasteiger partial charge in [0.2, 0.25) is 0 Å². The van der Waals surface area contributed by atoms with Gasteiger partial charge in [-0.25, -0.2) is 0 Å². The van der Waals surface area contributed by atoms with Crippen LogP contribution in [-0.4, -0.2) is 31.5 Å². The number of para-hydroxylation sites is 1. The number of aromatic hydroxyl groups is 2. The number of hydrogen-bond donors (Lipinski definition) is 3. The van der Waals surface area contributed by atoms with E-state index in [2.05, 4.69) is 62.0 Å². The number of aryl methyl sites for hydroxylation is 3. The van der Waals surface area contributed by atoms with Gasteiger partial charge in [-0.15, -0.1) is 25.6 Å². The molecule has 0 aromatic heterocycles. The van der Waals surface area contributed by atoms with Gasteiger partial charge in [0, 0.05) is 58.1 Å². The smallest absolute Gasteiger partial charge is 0.151 e. The number of anilines is 2. The van der Waals surface area contributed by atoms with E-state index in [9.17, 15) is 10.2 Å². The first kappa shape index (κ1) is 39.9. The Morgan fingerprint density at radius 3 is 1.75 bits per heavy atom. The Morgan fingerprint density at radius 2 is 1.09 bits per heavy atom. The number of hydrogen-bond acceptors (Lipinski definition) is 12. The van der Waals surface area contributed by atoms with Crippen molar-refractivity contribution in [3.8, 4) is 28.7 Å². The number of phenolic OH excluding ortho intramolecular Hbond substituents is 2. The molecular weight excluding hydrogens is 770 g/mol. The maximum Gasteiger partial charge on any atom is 0.151 e. The summed E-state index contributed by atoms with van der Waals surface area (Å²) in [7, 11) is 4.51. The second kappa shape index (κ2) is 17.3. The predicted molar refractivity (Wildman–Crippen MR) is 220 cm³/mol. The van der Waals surface area contributed by atoms with Crippen LogP contribution in [0.3, 0.4) is 0 Å². The SMILES string of the molecule is COc1cc(N=Nc2cc(O)c(N=Nc3c(C)cc4cc(Nc5ccccc5)ccc4c3O)cc2OC)c(OC)cc1N=Nc1cc(C)c2cccc(C)c2c1.[Cu]. The molecule has 0 aliphatic rings. The third kappa shape index (κ3) is 8.55. The van der Waals surface area contributed by atoms with Crippen molar-refractivity contribution >= 4 is 67.0 Å². The van der Waals surface area contributed by atoms with Crippen LogP contribution in [0.5, 0.6) is 28.7 Å². The van der Waals surface area contributed by atoms with E-state index < -0.39 is 0 Å². The molecule has 0 aliphatic heterocycles. The van der Waals surface area contributed by atoms with Crippen LogP contribution in [0.2, 0.25) is 0 Å². The Balaban J connectivity index is 0.00000549. The van der Waals surface area contributed by atoms with Crippen LogP contribution in [0, 0.1) is 20.8 Å². The molecule has 0 spiro atoms. The molecule has 1 radical (unpaired) electrons. The molecule has 0 unspecified atom stereocenters. The van der Waals surface area contributed by atoms with Gasteiger partial charge in [0.1, 0.15) is 51.4 Å². The summed E-state index contributed by atoms with van der Waals surface area (Å²) in [6.45, 7) is 5.95. The fourth-order valence-corrected chi connectivity index (χ4v) is 6.38. The van der Waals surface area contributed by atoms with E-state index in [4.69, 9.17) is 14.2 Å². The second-order valence-corrected chi connectivity index (χ2v) is 13.1. The van der Waals surface area contributed by atoms with Gasteiger partial charge >= 0.3 is 0 Å². The standard InChI is InChI=1S/C44H39N7O5.Cu/c1-25-11-10-14-32-26(2)18-31(20-34(25)32)46-48-37-23-42(56-6)38(24-41(37)55-5)50-49-36-21-39(52)35(22-40(36)54-4)47-51-43-27(3)17-28-19-30(15-16-33(28)44(43)53)45-29-12-8-7-9-13-29;/h7-24,45,52-53H,1-6H3;. The second-order valence-electron chi connectivity index (χ2n) is 13.1. The molecular formula is C44H39CuN7O5. The van der Waals surface area contributed by atoms with E-state index in [1.165, 1.54) is 38.8 Å². The third-order valence-corrected chi connectivity index (χ3v) is 9.30. The molecule has 0 atom stereocenters. The zero-order chi connectivity index (χ0) is 39.3. The molecule has 0 saturated carbocycles. The molecule has 57 heavy (non-hydrogen) atoms. The van der Waals surface area contributed by atoms with Gasteiger partial charge in [0.15, 0.2) is 5.75 Å². The van der Waals surface area contributed by atoms with E-state index in [0.717, 1.165) is 33.3 Å². The summed E-state index contributed by atoms with van der Waals surface area (Å²) >= 11 is 0. The number of rotatable bonds is 11. The summed E-state index contributed by atoms with van der Waals surface area (Å²) < 4.78 is 16.8. The monoisotopic (exact) mass is 808 g/mol. The van der Waals surface area contributed by atoms with Gasteiger partial charge in [-0.2, -0.15) is 5.11 Å². The molecule has 7 aromatic rings. The van der Waals surface area contributed by atoms with E-state index in [1.54, 1.807) is 12.1 Å². The number of methoxy groups -OCH3 is 3. The first-order chi connectivity index (χ1) is 27.1. The minimum Gasteiger partial charge on any atom is -0.506 e. The molecule has 0 aliphatic carbocycles. The molecule has 13 heteroatoms. The predicted octanol–water partition coefficient (Wildman–Crippen LogP) is 13.3. The van der Waals surface area contributed by atoms with Crippen LogP contribution in [0.25, 0.3) is 21.5 Å². The van der Waals surface area contributed by atoms with Gasteiger partial charge in [-0.1, -0.05) is 36.4 Å². The largest absolute Gasteiger partial charge is 0.506 e. The number of benzene rings is 7. The fraction of sp³-hybridized carbons (Fsp3) is 0.136. The Bertz CT molecular complexity index is 2700. The maximum absolute atomic E-state index is 11.2. The Labute approximate surface area is 340 Å². The molecule has 7 rings (SSSR count). The molecule has 3 N–H and O–H groups in total. The van der Waals surface area contributed by atoms with Crippen LogP contribution in [-0.2, 0) is 17.1 Å². The Morgan fingerprint density at radius 1 is 0.474 bits per heavy atom. The van der Waals surface area contributed by atoms with Crippen LogP contribution >= 0.6 is 0 Å². The molecule has 0 amide bonds. The summed E-state index contributed by atoms with van der Waals surface area (Å²) in [6, 6.07) is 33.8. The van der Waals surface area contributed by atoms with Gasteiger partial charge in [0.25, 0.3) is 0 Å². The van der Waals surface area contributed by atoms with E-state index in [0.29, 0.717) is 39.5 Å². The summed E-state index contributed by atoms with van der Waals surface area (Å²) in [5, 5.41) is 55.6. The van der Waals surface area contributed by atoms with E-state index in [-0.39, 0.29) is 51.4 Å². The van der Waals surface area contributed by atoms with Crippen molar-refractivity contribution in [1.82, 2.24) is 0 Å². The normalized spacial score (nSPS) is 11.5. The molecule has 291 valence electrons. The summed E-state index contributed by atoms with van der Waals surface area (Å²) in [5.74, 6) is 0.798. The van der Waals surface area contributed by atoms with Crippen LogP contribution < -0.4 is 19.5 Å². The Hall–Kier alpha value is -6.82. The number of nitrogens with one attached hydrogen (secondary N) is 1. The fourth-order valence-electron chi connectivity index (χ4n) is 6.38. The number of nitrogens with zero attached hydrogens (tertiary/aromatic N) is 6. The van der Waals surface area contributed by atoms with Crippen molar-refractivity contribution in [2.24, 2.45) is 30.7 Å². The first-order valence-corrected chi connectivity index (χ1v) is 17.7. The number of fused-ring (bicyclic) bond motifs is 2. The van der Waals surface area contributed by atoms with Crippen molar-refractivity contribution in [3.05, 3.63) is 126 Å². The maximum atomic E-state index is 11.2. The average molecular weight is 809 g/mol. The molecule has 7 aromatic carbocycles. The third-order valence-electron chi connectivity index (χ3n) is 9.30. The summed E-state index contributed by atoms with van der Waals surface area (Å²) in [6.07, 6.45) is 0. The zero-order valence-electron chi connectivity index (χ0n) is 32.0. The number of phenols is 2. The van der Waals surface area contributed by atoms with Crippen molar-refractivity contribution in [3.63, 3.8) is 0 Å². The number of ether oxygens (including phenoxy) is 3. The average Bonchev–Trinajstić information content (AvgIpc) is 3.20. The molecule has 0 saturated heterocycles. The molecule has 0 heterocycles. The van der Waals surface area contributed by atoms with Crippen LogP contribution in [0.15, 0.2) is 140 Å². The quantitative estimate of drug-likeness (QED) is 0.0873. The van der Waals surface area contributed by atoms with Gasteiger partial charge in [0.05, 0.1) is 27.0 Å². The van der Waals surface area contributed by atoms with Crippen molar-refractivity contribution < 1.29 is 41.5 Å². The molecule has 0 bridgehead atoms. The van der Waals surface area contributed by atoms with Gasteiger partial charge in [-0.3, -0.25) is 0 Å². The van der Waals surface area contributed by atoms with Crippen LogP contribution in [0.4, 0.5) is 45.5 Å². The van der Waals surface area contributed by atoms with E-state index in [1.807, 2.05) is 79.7 Å².